The quantitative estimate of drug-likeness (QED) is 0.147. The van der Waals surface area contributed by atoms with Crippen LogP contribution in [0.15, 0.2) is 48.8 Å². The van der Waals surface area contributed by atoms with Gasteiger partial charge in [-0.25, -0.2) is 14.4 Å². The highest BCUT2D eigenvalue weighted by molar-refractivity contribution is 6.31. The predicted molar refractivity (Wildman–Crippen MR) is 184 cm³/mol. The first-order chi connectivity index (χ1) is 23.0. The minimum atomic E-state index is -0.557. The van der Waals surface area contributed by atoms with Crippen molar-refractivity contribution in [2.24, 2.45) is 5.92 Å². The summed E-state index contributed by atoms with van der Waals surface area (Å²) >= 11 is 5.98. The van der Waals surface area contributed by atoms with Gasteiger partial charge in [0.05, 0.1) is 36.0 Å². The van der Waals surface area contributed by atoms with E-state index in [2.05, 4.69) is 25.5 Å². The van der Waals surface area contributed by atoms with Gasteiger partial charge in [-0.2, -0.15) is 0 Å². The summed E-state index contributed by atoms with van der Waals surface area (Å²) in [5.74, 6) is 0.379. The number of nitrogens with one attached hydrogen (secondary N) is 2. The van der Waals surface area contributed by atoms with Crippen molar-refractivity contribution in [3.63, 3.8) is 0 Å². The monoisotopic (exact) mass is 682 g/mol. The molecule has 1 saturated heterocycles. The van der Waals surface area contributed by atoms with Gasteiger partial charge >= 0.3 is 5.97 Å². The molecule has 3 aromatic rings. The van der Waals surface area contributed by atoms with Crippen molar-refractivity contribution in [3.8, 4) is 5.75 Å². The maximum atomic E-state index is 13.7. The van der Waals surface area contributed by atoms with Crippen LogP contribution in [0, 0.1) is 11.7 Å². The minimum Gasteiger partial charge on any atom is -0.491 e. The number of carbonyl (C=O) groups is 2. The Balaban J connectivity index is 1.21. The molecular weight excluding hydrogens is 639 g/mol. The number of carbonyl (C=O) groups excluding carboxylic acids is 2. The van der Waals surface area contributed by atoms with Gasteiger partial charge in [-0.15, -0.1) is 0 Å². The number of esters is 1. The van der Waals surface area contributed by atoms with Crippen molar-refractivity contribution >= 4 is 51.6 Å². The number of anilines is 3. The minimum absolute atomic E-state index is 0.0138. The number of hydrogen-bond acceptors (Lipinski definition) is 10. The van der Waals surface area contributed by atoms with Crippen LogP contribution in [0.4, 0.5) is 21.6 Å². The van der Waals surface area contributed by atoms with Crippen LogP contribution >= 0.6 is 11.6 Å². The van der Waals surface area contributed by atoms with Crippen molar-refractivity contribution < 1.29 is 28.6 Å². The number of nitrogens with zero attached hydrogens (tertiary/aromatic N) is 4. The lowest BCUT2D eigenvalue weighted by Crippen LogP contribution is -2.48. The zero-order chi connectivity index (χ0) is 34.3. The number of piperidine rings is 1. The highest BCUT2D eigenvalue weighted by Crippen LogP contribution is 2.36. The second-order valence-electron chi connectivity index (χ2n) is 13.3. The second kappa shape index (κ2) is 16.0. The lowest BCUT2D eigenvalue weighted by molar-refractivity contribution is -0.157. The van der Waals surface area contributed by atoms with E-state index < -0.39 is 11.4 Å². The van der Waals surface area contributed by atoms with Crippen molar-refractivity contribution in [2.45, 2.75) is 58.1 Å². The standard InChI is InChI=1S/C35H44ClFN6O5/c1-35(2,3)48-33(46)20-43(15-16-44)25-10-13-42(14-11-25)12-4-5-32(45)41-30-18-26-29(19-31(30)47-21-23-6-7-23)38-22-39-34(26)40-24-8-9-28(37)27(36)17-24/h4-5,8-9,17-19,22-23,25,44H,6-7,10-16,20-21H2,1-3H3,(H,41,45)(H,38,39,40)/b5-4+. The Morgan fingerprint density at radius 2 is 1.92 bits per heavy atom. The number of benzene rings is 2. The zero-order valence-electron chi connectivity index (χ0n) is 27.7. The van der Waals surface area contributed by atoms with Gasteiger partial charge in [-0.1, -0.05) is 17.7 Å². The Morgan fingerprint density at radius 3 is 2.60 bits per heavy atom. The SMILES string of the molecule is CC(C)(C)OC(=O)CN(CCO)C1CCN(C/C=C/C(=O)Nc2cc3c(Nc4ccc(F)c(Cl)c4)ncnc3cc2OCC2CC2)CC1. The van der Waals surface area contributed by atoms with Gasteiger partial charge in [-0.05, 0) is 89.7 Å². The maximum Gasteiger partial charge on any atom is 0.320 e. The van der Waals surface area contributed by atoms with Crippen LogP contribution in [0.5, 0.6) is 5.75 Å². The average molecular weight is 683 g/mol. The van der Waals surface area contributed by atoms with Crippen LogP contribution in [0.3, 0.4) is 0 Å². The van der Waals surface area contributed by atoms with Gasteiger partial charge in [0.25, 0.3) is 0 Å². The summed E-state index contributed by atoms with van der Waals surface area (Å²) in [4.78, 5) is 38.6. The fourth-order valence-electron chi connectivity index (χ4n) is 5.61. The van der Waals surface area contributed by atoms with Crippen LogP contribution in [-0.2, 0) is 14.3 Å². The first-order valence-electron chi connectivity index (χ1n) is 16.4. The molecule has 0 unspecified atom stereocenters. The topological polar surface area (TPSA) is 129 Å². The van der Waals surface area contributed by atoms with Gasteiger partial charge in [0.2, 0.25) is 5.91 Å². The summed E-state index contributed by atoms with van der Waals surface area (Å²) in [7, 11) is 0. The molecular formula is C35H44ClFN6O5. The van der Waals surface area contributed by atoms with Crippen LogP contribution in [0.2, 0.25) is 5.02 Å². The van der Waals surface area contributed by atoms with Gasteiger partial charge < -0.3 is 25.2 Å². The Kier molecular flexibility index (Phi) is 11.9. The van der Waals surface area contributed by atoms with Gasteiger partial charge in [0.15, 0.2) is 0 Å². The third kappa shape index (κ3) is 10.3. The van der Waals surface area contributed by atoms with Crippen molar-refractivity contribution in [1.82, 2.24) is 19.8 Å². The normalized spacial score (nSPS) is 16.1. The van der Waals surface area contributed by atoms with Crippen molar-refractivity contribution in [1.29, 1.82) is 0 Å². The molecule has 1 aliphatic carbocycles. The van der Waals surface area contributed by atoms with Crippen LogP contribution < -0.4 is 15.4 Å². The van der Waals surface area contributed by atoms with Gasteiger partial charge in [0, 0.05) is 42.3 Å². The second-order valence-corrected chi connectivity index (χ2v) is 13.7. The van der Waals surface area contributed by atoms with Gasteiger partial charge in [-0.3, -0.25) is 19.4 Å². The van der Waals surface area contributed by atoms with Crippen LogP contribution in [0.1, 0.15) is 46.5 Å². The van der Waals surface area contributed by atoms with E-state index in [0.717, 1.165) is 38.8 Å². The molecule has 1 aromatic heterocycles. The summed E-state index contributed by atoms with van der Waals surface area (Å²) in [5.41, 5.74) is 1.10. The molecule has 2 aliphatic rings. The number of aliphatic hydroxyl groups is 1. The molecule has 1 amide bonds. The lowest BCUT2D eigenvalue weighted by Gasteiger charge is -2.37. The summed E-state index contributed by atoms with van der Waals surface area (Å²) in [6.45, 7) is 8.80. The van der Waals surface area contributed by atoms with E-state index in [-0.39, 0.29) is 36.1 Å². The van der Waals surface area contributed by atoms with Crippen molar-refractivity contribution in [2.75, 3.05) is 56.6 Å². The van der Waals surface area contributed by atoms with E-state index in [1.807, 2.05) is 31.7 Å². The van der Waals surface area contributed by atoms with Gasteiger partial charge in [0.1, 0.15) is 29.3 Å². The van der Waals surface area contributed by atoms with E-state index in [0.29, 0.717) is 59.5 Å². The number of amides is 1. The number of hydrogen-bond donors (Lipinski definition) is 3. The molecule has 48 heavy (non-hydrogen) atoms. The van der Waals surface area contributed by atoms with E-state index >= 15 is 0 Å². The Bertz CT molecular complexity index is 1620. The number of ether oxygens (including phenoxy) is 2. The van der Waals surface area contributed by atoms with E-state index in [9.17, 15) is 19.1 Å². The number of aliphatic hydroxyl groups excluding tert-OH is 1. The number of halogens is 2. The third-order valence-corrected chi connectivity index (χ3v) is 8.48. The summed E-state index contributed by atoms with van der Waals surface area (Å²) < 4.78 is 25.3. The average Bonchev–Trinajstić information content (AvgIpc) is 3.86. The molecule has 0 atom stereocenters. The molecule has 2 heterocycles. The van der Waals surface area contributed by atoms with E-state index in [4.69, 9.17) is 21.1 Å². The molecule has 11 nitrogen and oxygen atoms in total. The molecule has 258 valence electrons. The summed E-state index contributed by atoms with van der Waals surface area (Å²) in [5, 5.41) is 16.3. The molecule has 5 rings (SSSR count). The Hall–Kier alpha value is -3.84. The summed E-state index contributed by atoms with van der Waals surface area (Å²) in [6.07, 6.45) is 8.69. The molecule has 0 radical (unpaired) electrons. The molecule has 0 spiro atoms. The zero-order valence-corrected chi connectivity index (χ0v) is 28.4. The molecule has 3 N–H and O–H groups in total. The Labute approximate surface area is 285 Å². The smallest absolute Gasteiger partial charge is 0.320 e. The maximum absolute atomic E-state index is 13.7. The first kappa shape index (κ1) is 35.5. The lowest BCUT2D eigenvalue weighted by atomic mass is 10.0. The Morgan fingerprint density at radius 1 is 1.15 bits per heavy atom. The molecule has 0 bridgehead atoms. The molecule has 2 fully saturated rings. The van der Waals surface area contributed by atoms with Crippen LogP contribution in [0.25, 0.3) is 10.9 Å². The summed E-state index contributed by atoms with van der Waals surface area (Å²) in [6, 6.07) is 8.04. The third-order valence-electron chi connectivity index (χ3n) is 8.19. The number of likely N-dealkylation sites (tertiary alicyclic amines) is 1. The van der Waals surface area contributed by atoms with E-state index in [1.54, 1.807) is 18.2 Å². The number of rotatable bonds is 14. The predicted octanol–water partition coefficient (Wildman–Crippen LogP) is 5.55. The highest BCUT2D eigenvalue weighted by atomic mass is 35.5. The fourth-order valence-corrected chi connectivity index (χ4v) is 5.79. The highest BCUT2D eigenvalue weighted by Gasteiger charge is 2.27. The largest absolute Gasteiger partial charge is 0.491 e. The molecule has 1 aliphatic heterocycles. The molecule has 2 aromatic carbocycles. The molecule has 13 heteroatoms. The number of fused-ring (bicyclic) bond motifs is 1. The molecule has 1 saturated carbocycles. The first-order valence-corrected chi connectivity index (χ1v) is 16.8. The van der Waals surface area contributed by atoms with Crippen molar-refractivity contribution in [3.05, 3.63) is 59.7 Å². The van der Waals surface area contributed by atoms with E-state index in [1.165, 1.54) is 24.5 Å². The van der Waals surface area contributed by atoms with Crippen LogP contribution in [-0.4, -0.2) is 94.3 Å². The fraction of sp³-hybridized carbons (Fsp3) is 0.486. The number of aromatic nitrogens is 2.